The molecule has 0 aliphatic heterocycles. The van der Waals surface area contributed by atoms with Crippen molar-refractivity contribution >= 4 is 6.09 Å². The Morgan fingerprint density at radius 3 is 2.20 bits per heavy atom. The molecule has 1 aromatic rings. The molecule has 4 fully saturated rings. The molecule has 0 radical (unpaired) electrons. The zero-order chi connectivity index (χ0) is 35.7. The number of hydrogen-bond acceptors (Lipinski definition) is 5. The average Bonchev–Trinajstić information content (AvgIpc) is 3.47. The molecule has 3 N–H and O–H groups in total. The molecule has 6 nitrogen and oxygen atoms in total. The smallest absolute Gasteiger partial charge is 0.410 e. The van der Waals surface area contributed by atoms with Crippen molar-refractivity contribution in [3.05, 3.63) is 35.9 Å². The number of nitrogens with zero attached hydrogens (tertiary/aromatic N) is 1. The van der Waals surface area contributed by atoms with Crippen molar-refractivity contribution in [3.8, 4) is 0 Å². The van der Waals surface area contributed by atoms with Gasteiger partial charge in [-0.3, -0.25) is 0 Å². The van der Waals surface area contributed by atoms with Crippen LogP contribution in [0, 0.1) is 46.3 Å². The van der Waals surface area contributed by atoms with Crippen molar-refractivity contribution in [2.24, 2.45) is 46.3 Å². The second kappa shape index (κ2) is 18.4. The molecule has 5 rings (SSSR count). The van der Waals surface area contributed by atoms with Gasteiger partial charge >= 0.3 is 6.09 Å². The Hall–Kier alpha value is -1.63. The summed E-state index contributed by atoms with van der Waals surface area (Å²) in [5.74, 6) is 2.10. The van der Waals surface area contributed by atoms with Gasteiger partial charge in [0.25, 0.3) is 0 Å². The Bertz CT molecular complexity index is 1160. The molecule has 11 atom stereocenters. The lowest BCUT2D eigenvalue weighted by atomic mass is 9.43. The Kier molecular flexibility index (Phi) is 14.6. The van der Waals surface area contributed by atoms with Crippen LogP contribution < -0.4 is 0 Å². The first-order chi connectivity index (χ1) is 24.1. The molecule has 50 heavy (non-hydrogen) atoms. The summed E-state index contributed by atoms with van der Waals surface area (Å²) >= 11 is 0. The third-order valence-corrected chi connectivity index (χ3v) is 14.9. The number of carbonyl (C=O) groups excluding carboxylic acids is 1. The Morgan fingerprint density at radius 1 is 0.840 bits per heavy atom. The topological polar surface area (TPSA) is 90.2 Å². The largest absolute Gasteiger partial charge is 0.445 e. The molecule has 284 valence electrons. The van der Waals surface area contributed by atoms with Crippen molar-refractivity contribution in [3.63, 3.8) is 0 Å². The molecular formula is C44H73NO5. The highest BCUT2D eigenvalue weighted by atomic mass is 16.6. The molecule has 0 spiro atoms. The molecular weight excluding hydrogens is 622 g/mol. The number of ether oxygens (including phenoxy) is 1. The van der Waals surface area contributed by atoms with Crippen LogP contribution in [-0.4, -0.2) is 57.7 Å². The number of amides is 1. The second-order valence-electron chi connectivity index (χ2n) is 17.9. The van der Waals surface area contributed by atoms with Crippen LogP contribution in [0.1, 0.15) is 155 Å². The molecule has 4 unspecified atom stereocenters. The number of aliphatic hydroxyl groups excluding tert-OH is 3. The van der Waals surface area contributed by atoms with Gasteiger partial charge in [0.1, 0.15) is 6.61 Å². The summed E-state index contributed by atoms with van der Waals surface area (Å²) in [7, 11) is 0. The van der Waals surface area contributed by atoms with Gasteiger partial charge in [0.15, 0.2) is 0 Å². The first-order valence-electron chi connectivity index (χ1n) is 21.1. The zero-order valence-electron chi connectivity index (χ0n) is 32.2. The van der Waals surface area contributed by atoms with Crippen LogP contribution in [0.5, 0.6) is 0 Å². The van der Waals surface area contributed by atoms with Crippen LogP contribution in [0.25, 0.3) is 0 Å². The van der Waals surface area contributed by atoms with Crippen molar-refractivity contribution in [2.45, 2.75) is 175 Å². The van der Waals surface area contributed by atoms with Gasteiger partial charge in [-0.25, -0.2) is 4.79 Å². The van der Waals surface area contributed by atoms with Crippen molar-refractivity contribution in [2.75, 3.05) is 13.1 Å². The number of fused-ring (bicyclic) bond motifs is 5. The third-order valence-electron chi connectivity index (χ3n) is 14.9. The van der Waals surface area contributed by atoms with E-state index in [1.807, 2.05) is 35.2 Å². The van der Waals surface area contributed by atoms with Crippen LogP contribution in [0.15, 0.2) is 30.3 Å². The van der Waals surface area contributed by atoms with E-state index in [1.54, 1.807) is 0 Å². The molecule has 0 heterocycles. The Morgan fingerprint density at radius 2 is 1.50 bits per heavy atom. The van der Waals surface area contributed by atoms with E-state index in [-0.39, 0.29) is 41.2 Å². The van der Waals surface area contributed by atoms with Gasteiger partial charge in [-0.15, -0.1) is 0 Å². The quantitative estimate of drug-likeness (QED) is 0.133. The molecule has 4 aliphatic carbocycles. The third kappa shape index (κ3) is 9.11. The number of unbranched alkanes of at least 4 members (excludes halogenated alkanes) is 9. The van der Waals surface area contributed by atoms with Gasteiger partial charge in [-0.05, 0) is 116 Å². The fraction of sp³-hybridized carbons (Fsp3) is 0.841. The van der Waals surface area contributed by atoms with E-state index in [1.165, 1.54) is 51.4 Å². The van der Waals surface area contributed by atoms with Gasteiger partial charge in [0, 0.05) is 13.1 Å². The number of benzene rings is 1. The van der Waals surface area contributed by atoms with Gasteiger partial charge < -0.3 is 25.0 Å². The normalized spacial score (nSPS) is 35.5. The first kappa shape index (κ1) is 39.6. The predicted octanol–water partition coefficient (Wildman–Crippen LogP) is 9.92. The molecule has 6 heteroatoms. The van der Waals surface area contributed by atoms with Crippen molar-refractivity contribution in [1.29, 1.82) is 0 Å². The van der Waals surface area contributed by atoms with E-state index in [4.69, 9.17) is 4.74 Å². The minimum atomic E-state index is -0.362. The molecule has 4 aliphatic rings. The van der Waals surface area contributed by atoms with E-state index in [9.17, 15) is 20.1 Å². The van der Waals surface area contributed by atoms with Crippen LogP contribution in [0.3, 0.4) is 0 Å². The lowest BCUT2D eigenvalue weighted by molar-refractivity contribution is -0.207. The lowest BCUT2D eigenvalue weighted by Gasteiger charge is -2.63. The minimum Gasteiger partial charge on any atom is -0.445 e. The van der Waals surface area contributed by atoms with Crippen molar-refractivity contribution < 1.29 is 24.9 Å². The highest BCUT2D eigenvalue weighted by Crippen LogP contribution is 2.68. The van der Waals surface area contributed by atoms with Gasteiger partial charge in [-0.2, -0.15) is 0 Å². The monoisotopic (exact) mass is 696 g/mol. The molecule has 0 saturated heterocycles. The summed E-state index contributed by atoms with van der Waals surface area (Å²) in [5.41, 5.74) is 0.921. The van der Waals surface area contributed by atoms with Gasteiger partial charge in [-0.1, -0.05) is 116 Å². The highest BCUT2D eigenvalue weighted by molar-refractivity contribution is 5.67. The first-order valence-corrected chi connectivity index (χ1v) is 21.1. The SMILES string of the molecule is CCCCCCCCCCCCN(CCCC(C)[C@H]1CC[C@H]2C3C(O)CC4C[C@H](O)CC[C@]4(C)[C@H]3C[C@H](O)[C@]12C)C(=O)OCc1ccccc1. The number of rotatable bonds is 18. The Labute approximate surface area is 305 Å². The zero-order valence-corrected chi connectivity index (χ0v) is 32.2. The minimum absolute atomic E-state index is 0.0992. The standard InChI is InChI=1S/C44H73NO5/c1-5-6-7-8-9-10-11-12-13-17-26-45(42(49)50-31-33-20-15-14-16-21-33)27-18-19-32(2)36-22-23-37-41-38(30-40(48)44(36,37)4)43(3)25-24-35(46)28-34(43)29-39(41)47/h14-16,20-21,32,34-41,46-48H,5-13,17-19,22-31H2,1-4H3/t32?,34?,35-,36-,37+,38+,39?,40+,41?,43+,44-/m1/s1. The summed E-state index contributed by atoms with van der Waals surface area (Å²) in [6.07, 6.45) is 20.0. The van der Waals surface area contributed by atoms with E-state index >= 15 is 0 Å². The predicted molar refractivity (Wildman–Crippen MR) is 202 cm³/mol. The number of aliphatic hydroxyl groups is 3. The fourth-order valence-corrected chi connectivity index (χ4v) is 11.8. The van der Waals surface area contributed by atoms with Crippen LogP contribution in [0.4, 0.5) is 4.79 Å². The van der Waals surface area contributed by atoms with Crippen LogP contribution >= 0.6 is 0 Å². The summed E-state index contributed by atoms with van der Waals surface area (Å²) in [4.78, 5) is 15.3. The molecule has 0 bridgehead atoms. The van der Waals surface area contributed by atoms with E-state index in [0.29, 0.717) is 42.7 Å². The van der Waals surface area contributed by atoms with E-state index < -0.39 is 0 Å². The van der Waals surface area contributed by atoms with Crippen molar-refractivity contribution in [1.82, 2.24) is 4.90 Å². The maximum Gasteiger partial charge on any atom is 0.410 e. The summed E-state index contributed by atoms with van der Waals surface area (Å²) in [6, 6.07) is 9.96. The van der Waals surface area contributed by atoms with Gasteiger partial charge in [0.2, 0.25) is 0 Å². The lowest BCUT2D eigenvalue weighted by Crippen LogP contribution is -2.62. The average molecular weight is 696 g/mol. The number of carbonyl (C=O) groups is 1. The van der Waals surface area contributed by atoms with Crippen LogP contribution in [0.2, 0.25) is 0 Å². The van der Waals surface area contributed by atoms with Crippen LogP contribution in [-0.2, 0) is 11.3 Å². The van der Waals surface area contributed by atoms with Gasteiger partial charge in [0.05, 0.1) is 18.3 Å². The maximum absolute atomic E-state index is 13.4. The summed E-state index contributed by atoms with van der Waals surface area (Å²) < 4.78 is 5.82. The molecule has 1 amide bonds. The molecule has 4 saturated carbocycles. The van der Waals surface area contributed by atoms with E-state index in [0.717, 1.165) is 82.7 Å². The number of hydrogen-bond donors (Lipinski definition) is 3. The second-order valence-corrected chi connectivity index (χ2v) is 17.9. The summed E-state index contributed by atoms with van der Waals surface area (Å²) in [5, 5.41) is 34.1. The fourth-order valence-electron chi connectivity index (χ4n) is 11.8. The molecule has 1 aromatic carbocycles. The molecule has 0 aromatic heterocycles. The maximum atomic E-state index is 13.4. The highest BCUT2D eigenvalue weighted by Gasteiger charge is 2.65. The Balaban J connectivity index is 1.14. The van der Waals surface area contributed by atoms with E-state index in [2.05, 4.69) is 27.7 Å². The summed E-state index contributed by atoms with van der Waals surface area (Å²) in [6.45, 7) is 11.1.